The molecular weight excluding hydrogens is 338 g/mol. The molecule has 6 heteroatoms. The van der Waals surface area contributed by atoms with E-state index in [-0.39, 0.29) is 11.5 Å². The van der Waals surface area contributed by atoms with E-state index in [1.54, 1.807) is 6.07 Å². The maximum atomic E-state index is 12.1. The number of nitrogens with one attached hydrogen (secondary N) is 1. The molecule has 4 nitrogen and oxygen atoms in total. The lowest BCUT2D eigenvalue weighted by Crippen LogP contribution is -2.11. The first-order chi connectivity index (χ1) is 9.56. The summed E-state index contributed by atoms with van der Waals surface area (Å²) in [6.07, 6.45) is 0. The van der Waals surface area contributed by atoms with Gasteiger partial charge >= 0.3 is 0 Å². The van der Waals surface area contributed by atoms with Gasteiger partial charge in [0.15, 0.2) is 0 Å². The number of aryl methyl sites for hydroxylation is 1. The quantitative estimate of drug-likeness (QED) is 0.898. The number of benzene rings is 1. The van der Waals surface area contributed by atoms with Crippen LogP contribution in [0.15, 0.2) is 28.1 Å². The first-order valence-electron chi connectivity index (χ1n) is 5.56. The first-order valence-corrected chi connectivity index (χ1v) is 7.23. The van der Waals surface area contributed by atoms with Gasteiger partial charge in [-0.15, -0.1) is 11.3 Å². The van der Waals surface area contributed by atoms with E-state index in [0.29, 0.717) is 16.1 Å². The van der Waals surface area contributed by atoms with Crippen LogP contribution in [-0.4, -0.2) is 5.91 Å². The predicted molar refractivity (Wildman–Crippen MR) is 80.6 cm³/mol. The Morgan fingerprint density at radius 1 is 1.30 bits per heavy atom. The van der Waals surface area contributed by atoms with Crippen LogP contribution in [0.5, 0.6) is 0 Å². The van der Waals surface area contributed by atoms with Crippen LogP contribution in [0.3, 0.4) is 0 Å². The fourth-order valence-corrected chi connectivity index (χ4v) is 3.14. The molecule has 0 spiro atoms. The summed E-state index contributed by atoms with van der Waals surface area (Å²) in [6.45, 7) is 1.91. The zero-order chi connectivity index (χ0) is 14.7. The highest BCUT2D eigenvalue weighted by molar-refractivity contribution is 9.10. The Labute approximate surface area is 128 Å². The average Bonchev–Trinajstić information content (AvgIpc) is 2.79. The lowest BCUT2D eigenvalue weighted by atomic mass is 10.1. The molecule has 0 aliphatic rings. The van der Waals surface area contributed by atoms with E-state index in [1.165, 1.54) is 23.5 Å². The summed E-state index contributed by atoms with van der Waals surface area (Å²) in [7, 11) is 0. The summed E-state index contributed by atoms with van der Waals surface area (Å²) in [6, 6.07) is 8.48. The Kier molecular flexibility index (Phi) is 4.19. The zero-order valence-corrected chi connectivity index (χ0v) is 12.8. The summed E-state index contributed by atoms with van der Waals surface area (Å²) in [4.78, 5) is 12.7. The van der Waals surface area contributed by atoms with Gasteiger partial charge in [0.1, 0.15) is 17.0 Å². The van der Waals surface area contributed by atoms with Crippen LogP contribution >= 0.6 is 27.3 Å². The van der Waals surface area contributed by atoms with Crippen molar-refractivity contribution < 1.29 is 4.79 Å². The largest absolute Gasteiger partial charge is 0.321 e. The van der Waals surface area contributed by atoms with E-state index in [4.69, 9.17) is 10.5 Å². The smallest absolute Gasteiger partial charge is 0.266 e. The number of halogens is 1. The summed E-state index contributed by atoms with van der Waals surface area (Å²) in [5, 5.41) is 22.4. The molecule has 0 radical (unpaired) electrons. The second kappa shape index (κ2) is 5.87. The SMILES string of the molecule is Cc1csc(C(=O)Nc2ccc(C#N)c(C#N)c2)c1Br. The van der Waals surface area contributed by atoms with E-state index in [9.17, 15) is 4.79 Å². The number of nitrogens with zero attached hydrogens (tertiary/aromatic N) is 2. The highest BCUT2D eigenvalue weighted by Crippen LogP contribution is 2.28. The molecule has 0 bridgehead atoms. The summed E-state index contributed by atoms with van der Waals surface area (Å²) < 4.78 is 0.772. The fraction of sp³-hybridized carbons (Fsp3) is 0.0714. The maximum absolute atomic E-state index is 12.1. The van der Waals surface area contributed by atoms with Gasteiger partial charge in [-0.05, 0) is 52.0 Å². The van der Waals surface area contributed by atoms with E-state index < -0.39 is 0 Å². The van der Waals surface area contributed by atoms with E-state index in [1.807, 2.05) is 24.4 Å². The molecule has 0 atom stereocenters. The average molecular weight is 346 g/mol. The summed E-state index contributed by atoms with van der Waals surface area (Å²) >= 11 is 4.71. The third kappa shape index (κ3) is 2.72. The van der Waals surface area contributed by atoms with Gasteiger partial charge in [-0.3, -0.25) is 4.79 Å². The van der Waals surface area contributed by atoms with Crippen LogP contribution in [0.25, 0.3) is 0 Å². The van der Waals surface area contributed by atoms with Crippen molar-refractivity contribution >= 4 is 38.9 Å². The molecule has 0 saturated carbocycles. The van der Waals surface area contributed by atoms with Gasteiger partial charge in [0.2, 0.25) is 0 Å². The van der Waals surface area contributed by atoms with Gasteiger partial charge < -0.3 is 5.32 Å². The maximum Gasteiger partial charge on any atom is 0.266 e. The van der Waals surface area contributed by atoms with Gasteiger partial charge in [0.25, 0.3) is 5.91 Å². The number of thiophene rings is 1. The monoisotopic (exact) mass is 345 g/mol. The van der Waals surface area contributed by atoms with Crippen molar-refractivity contribution in [2.45, 2.75) is 6.92 Å². The Bertz CT molecular complexity index is 768. The van der Waals surface area contributed by atoms with Crippen molar-refractivity contribution in [3.8, 4) is 12.1 Å². The molecule has 1 aromatic carbocycles. The molecule has 2 aromatic rings. The second-order valence-corrected chi connectivity index (χ2v) is 5.67. The topological polar surface area (TPSA) is 76.7 Å². The van der Waals surface area contributed by atoms with Crippen molar-refractivity contribution in [3.63, 3.8) is 0 Å². The number of carbonyl (C=O) groups is 1. The third-order valence-corrected chi connectivity index (χ3v) is 5.00. The first kappa shape index (κ1) is 14.3. The highest BCUT2D eigenvalue weighted by atomic mass is 79.9. The van der Waals surface area contributed by atoms with E-state index in [0.717, 1.165) is 10.0 Å². The Balaban J connectivity index is 2.27. The number of hydrogen-bond acceptors (Lipinski definition) is 4. The molecule has 98 valence electrons. The molecule has 1 heterocycles. The molecule has 1 amide bonds. The number of nitriles is 2. The molecule has 0 saturated heterocycles. The van der Waals surface area contributed by atoms with Crippen LogP contribution in [-0.2, 0) is 0 Å². The van der Waals surface area contributed by atoms with Gasteiger partial charge in [-0.2, -0.15) is 10.5 Å². The minimum absolute atomic E-state index is 0.242. The normalized spacial score (nSPS) is 9.60. The molecule has 1 aromatic heterocycles. The molecule has 0 aliphatic carbocycles. The Hall–Kier alpha value is -2.15. The van der Waals surface area contributed by atoms with Crippen LogP contribution in [0.2, 0.25) is 0 Å². The van der Waals surface area contributed by atoms with Crippen LogP contribution in [0.1, 0.15) is 26.4 Å². The zero-order valence-electron chi connectivity index (χ0n) is 10.4. The van der Waals surface area contributed by atoms with Crippen LogP contribution in [0.4, 0.5) is 5.69 Å². The molecule has 20 heavy (non-hydrogen) atoms. The minimum Gasteiger partial charge on any atom is -0.321 e. The molecule has 1 N–H and O–H groups in total. The molecule has 2 rings (SSSR count). The van der Waals surface area contributed by atoms with Gasteiger partial charge in [0.05, 0.1) is 11.1 Å². The summed E-state index contributed by atoms with van der Waals surface area (Å²) in [5.41, 5.74) is 2.02. The third-order valence-electron chi connectivity index (χ3n) is 2.62. The van der Waals surface area contributed by atoms with Crippen molar-refractivity contribution in [2.75, 3.05) is 5.32 Å². The predicted octanol–water partition coefficient (Wildman–Crippen LogP) is 3.81. The Morgan fingerprint density at radius 3 is 2.55 bits per heavy atom. The lowest BCUT2D eigenvalue weighted by molar-refractivity contribution is 0.103. The van der Waals surface area contributed by atoms with Crippen LogP contribution < -0.4 is 5.32 Å². The highest BCUT2D eigenvalue weighted by Gasteiger charge is 2.15. The van der Waals surface area contributed by atoms with E-state index in [2.05, 4.69) is 21.2 Å². The van der Waals surface area contributed by atoms with Gasteiger partial charge in [0, 0.05) is 10.2 Å². The molecule has 0 aliphatic heterocycles. The number of anilines is 1. The lowest BCUT2D eigenvalue weighted by Gasteiger charge is -2.05. The van der Waals surface area contributed by atoms with Crippen molar-refractivity contribution in [3.05, 3.63) is 49.6 Å². The molecular formula is C14H8BrN3OS. The van der Waals surface area contributed by atoms with Gasteiger partial charge in [-0.25, -0.2) is 0 Å². The Morgan fingerprint density at radius 2 is 2.00 bits per heavy atom. The summed E-state index contributed by atoms with van der Waals surface area (Å²) in [5.74, 6) is -0.247. The second-order valence-electron chi connectivity index (χ2n) is 4.00. The van der Waals surface area contributed by atoms with Crippen LogP contribution in [0, 0.1) is 29.6 Å². The fourth-order valence-electron chi connectivity index (χ4n) is 1.58. The number of rotatable bonds is 2. The van der Waals surface area contributed by atoms with Crippen molar-refractivity contribution in [1.82, 2.24) is 0 Å². The van der Waals surface area contributed by atoms with Crippen molar-refractivity contribution in [1.29, 1.82) is 10.5 Å². The van der Waals surface area contributed by atoms with E-state index >= 15 is 0 Å². The molecule has 0 unspecified atom stereocenters. The number of hydrogen-bond donors (Lipinski definition) is 1. The van der Waals surface area contributed by atoms with Crippen molar-refractivity contribution in [2.24, 2.45) is 0 Å². The number of carbonyl (C=O) groups excluding carboxylic acids is 1. The number of amides is 1. The van der Waals surface area contributed by atoms with Gasteiger partial charge in [-0.1, -0.05) is 0 Å². The molecule has 0 fully saturated rings. The standard InChI is InChI=1S/C14H8BrN3OS/c1-8-7-20-13(12(8)15)14(19)18-11-3-2-9(5-16)10(4-11)6-17/h2-4,7H,1H3,(H,18,19). The minimum atomic E-state index is -0.247.